The van der Waals surface area contributed by atoms with Crippen molar-refractivity contribution < 1.29 is 15.0 Å². The van der Waals surface area contributed by atoms with Crippen molar-refractivity contribution in [2.45, 2.75) is 58.0 Å². The Morgan fingerprint density at radius 2 is 1.85 bits per heavy atom. The summed E-state index contributed by atoms with van der Waals surface area (Å²) in [5.41, 5.74) is 6.21. The number of aromatic nitrogens is 1. The van der Waals surface area contributed by atoms with Crippen LogP contribution in [0.3, 0.4) is 0 Å². The summed E-state index contributed by atoms with van der Waals surface area (Å²) in [4.78, 5) is 16.5. The van der Waals surface area contributed by atoms with Gasteiger partial charge in [-0.15, -0.1) is 0 Å². The van der Waals surface area contributed by atoms with Gasteiger partial charge in [0.1, 0.15) is 0 Å². The fourth-order valence-corrected chi connectivity index (χ4v) is 6.81. The average Bonchev–Trinajstić information content (AvgIpc) is 3.64. The van der Waals surface area contributed by atoms with Gasteiger partial charge >= 0.3 is 5.97 Å². The van der Waals surface area contributed by atoms with E-state index < -0.39 is 11.6 Å². The summed E-state index contributed by atoms with van der Waals surface area (Å²) in [7, 11) is 0. The molecule has 2 N–H and O–H groups in total. The van der Waals surface area contributed by atoms with Crippen LogP contribution in [0.1, 0.15) is 72.5 Å². The monoisotopic (exact) mass is 565 g/mol. The Hall–Kier alpha value is -3.41. The molecule has 4 nitrogen and oxygen atoms in total. The minimum Gasteiger partial charge on any atom is -0.481 e. The standard InChI is InChI=1S/C36H39NO3S/c1-24-11-14-27-15-17-28(37-33(27)19-24)16-12-25-7-6-8-26(20-25)13-18-30(32-21-36(32,23-41)22-34(38)39)29-9-4-5-10-31(29)35(2,3)40/h4-12,14-17,19-20,30,32,40-41H,13,18,21-23H2,1-3H3,(H,38,39)/b16-12+. The maximum atomic E-state index is 11.7. The number of thiol groups is 1. The molecule has 5 rings (SSSR count). The number of carbonyl (C=O) groups is 1. The minimum atomic E-state index is -0.986. The summed E-state index contributed by atoms with van der Waals surface area (Å²) in [6.07, 6.45) is 6.85. The molecule has 212 valence electrons. The minimum absolute atomic E-state index is 0.130. The first-order valence-corrected chi connectivity index (χ1v) is 15.0. The molecule has 3 unspecified atom stereocenters. The molecule has 1 fully saturated rings. The highest BCUT2D eigenvalue weighted by atomic mass is 32.1. The van der Waals surface area contributed by atoms with Crippen LogP contribution < -0.4 is 0 Å². The van der Waals surface area contributed by atoms with Gasteiger partial charge in [0.05, 0.1) is 23.2 Å². The van der Waals surface area contributed by atoms with Crippen LogP contribution >= 0.6 is 12.6 Å². The summed E-state index contributed by atoms with van der Waals surface area (Å²) < 4.78 is 0. The summed E-state index contributed by atoms with van der Waals surface area (Å²) in [5.74, 6) is 0.124. The van der Waals surface area contributed by atoms with Crippen molar-refractivity contribution in [2.75, 3.05) is 5.75 Å². The predicted octanol–water partition coefficient (Wildman–Crippen LogP) is 8.07. The van der Waals surface area contributed by atoms with Gasteiger partial charge in [-0.05, 0) is 109 Å². The lowest BCUT2D eigenvalue weighted by Gasteiger charge is -2.28. The van der Waals surface area contributed by atoms with Gasteiger partial charge in [-0.25, -0.2) is 4.98 Å². The molecule has 5 heteroatoms. The van der Waals surface area contributed by atoms with Gasteiger partial charge in [-0.1, -0.05) is 72.8 Å². The molecule has 0 amide bonds. The largest absolute Gasteiger partial charge is 0.481 e. The van der Waals surface area contributed by atoms with Crippen LogP contribution in [0, 0.1) is 18.3 Å². The second-order valence-electron chi connectivity index (χ2n) is 12.2. The molecule has 1 aliphatic carbocycles. The van der Waals surface area contributed by atoms with E-state index in [2.05, 4.69) is 86.3 Å². The molecule has 1 heterocycles. The zero-order valence-electron chi connectivity index (χ0n) is 24.0. The van der Waals surface area contributed by atoms with Gasteiger partial charge in [-0.2, -0.15) is 12.6 Å². The molecule has 0 aliphatic heterocycles. The molecule has 1 saturated carbocycles. The third-order valence-corrected chi connectivity index (χ3v) is 9.22. The van der Waals surface area contributed by atoms with Crippen molar-refractivity contribution >= 4 is 41.7 Å². The lowest BCUT2D eigenvalue weighted by Crippen LogP contribution is -2.22. The van der Waals surface area contributed by atoms with Crippen LogP contribution in [0.15, 0.2) is 78.9 Å². The van der Waals surface area contributed by atoms with E-state index in [0.29, 0.717) is 5.75 Å². The molecule has 0 bridgehead atoms. The Labute approximate surface area is 248 Å². The first kappa shape index (κ1) is 29.1. The Balaban J connectivity index is 1.38. The smallest absolute Gasteiger partial charge is 0.303 e. The highest BCUT2D eigenvalue weighted by Crippen LogP contribution is 2.63. The van der Waals surface area contributed by atoms with Gasteiger partial charge in [0.25, 0.3) is 0 Å². The van der Waals surface area contributed by atoms with E-state index in [0.717, 1.165) is 52.5 Å². The second kappa shape index (κ2) is 11.8. The fraction of sp³-hybridized carbons (Fsp3) is 0.333. The Kier molecular flexibility index (Phi) is 8.40. The van der Waals surface area contributed by atoms with E-state index in [9.17, 15) is 15.0 Å². The van der Waals surface area contributed by atoms with Gasteiger partial charge in [0.15, 0.2) is 0 Å². The Bertz CT molecular complexity index is 1590. The summed E-state index contributed by atoms with van der Waals surface area (Å²) in [5, 5.41) is 21.7. The van der Waals surface area contributed by atoms with Gasteiger partial charge < -0.3 is 10.2 Å². The number of hydrogen-bond acceptors (Lipinski definition) is 4. The van der Waals surface area contributed by atoms with Crippen molar-refractivity contribution in [1.82, 2.24) is 4.98 Å². The summed E-state index contributed by atoms with van der Waals surface area (Å²) in [6, 6.07) is 27.1. The van der Waals surface area contributed by atoms with E-state index in [1.54, 1.807) is 0 Å². The topological polar surface area (TPSA) is 70.4 Å². The maximum Gasteiger partial charge on any atom is 0.303 e. The van der Waals surface area contributed by atoms with Crippen molar-refractivity contribution in [3.63, 3.8) is 0 Å². The number of aryl methyl sites for hydroxylation is 2. The molecule has 1 aromatic heterocycles. The number of benzene rings is 3. The fourth-order valence-electron chi connectivity index (χ4n) is 6.33. The van der Waals surface area contributed by atoms with E-state index in [1.165, 1.54) is 11.1 Å². The van der Waals surface area contributed by atoms with Crippen molar-refractivity contribution in [3.8, 4) is 0 Å². The van der Waals surface area contributed by atoms with Crippen molar-refractivity contribution in [3.05, 3.63) is 112 Å². The molecular formula is C36H39NO3S. The van der Waals surface area contributed by atoms with Gasteiger partial charge in [-0.3, -0.25) is 4.79 Å². The number of pyridine rings is 1. The maximum absolute atomic E-state index is 11.7. The average molecular weight is 566 g/mol. The molecule has 0 radical (unpaired) electrons. The molecule has 3 aromatic carbocycles. The first-order chi connectivity index (χ1) is 19.6. The van der Waals surface area contributed by atoms with E-state index in [4.69, 9.17) is 4.98 Å². The molecular weight excluding hydrogens is 526 g/mol. The SMILES string of the molecule is Cc1ccc2ccc(/C=C/c3cccc(CCC(c4ccccc4C(C)(C)O)C4CC4(CS)CC(=O)O)c3)nc2c1. The molecule has 3 atom stereocenters. The number of aliphatic hydroxyl groups is 1. The molecule has 0 saturated heterocycles. The number of fused-ring (bicyclic) bond motifs is 1. The van der Waals surface area contributed by atoms with Crippen LogP contribution in [0.5, 0.6) is 0 Å². The van der Waals surface area contributed by atoms with Crippen LogP contribution in [0.4, 0.5) is 0 Å². The predicted molar refractivity (Wildman–Crippen MR) is 171 cm³/mol. The molecule has 4 aromatic rings. The van der Waals surface area contributed by atoms with E-state index in [-0.39, 0.29) is 23.7 Å². The number of nitrogens with zero attached hydrogens (tertiary/aromatic N) is 1. The van der Waals surface area contributed by atoms with Crippen LogP contribution in [-0.4, -0.2) is 26.9 Å². The molecule has 0 spiro atoms. The zero-order chi connectivity index (χ0) is 29.2. The van der Waals surface area contributed by atoms with Crippen LogP contribution in [0.2, 0.25) is 0 Å². The Morgan fingerprint density at radius 3 is 2.61 bits per heavy atom. The molecule has 1 aliphatic rings. The third-order valence-electron chi connectivity index (χ3n) is 8.59. The number of aliphatic carboxylic acids is 1. The normalized spacial score (nSPS) is 19.5. The number of rotatable bonds is 11. The van der Waals surface area contributed by atoms with Crippen molar-refractivity contribution in [2.24, 2.45) is 11.3 Å². The third kappa shape index (κ3) is 6.74. The van der Waals surface area contributed by atoms with E-state index >= 15 is 0 Å². The van der Waals surface area contributed by atoms with Gasteiger partial charge in [0, 0.05) is 5.39 Å². The Morgan fingerprint density at radius 1 is 1.07 bits per heavy atom. The highest BCUT2D eigenvalue weighted by molar-refractivity contribution is 7.80. The van der Waals surface area contributed by atoms with Crippen LogP contribution in [0.25, 0.3) is 23.1 Å². The first-order valence-electron chi connectivity index (χ1n) is 14.4. The van der Waals surface area contributed by atoms with E-state index in [1.807, 2.05) is 38.1 Å². The number of hydrogen-bond donors (Lipinski definition) is 3. The summed E-state index contributed by atoms with van der Waals surface area (Å²) >= 11 is 4.59. The highest BCUT2D eigenvalue weighted by Gasteiger charge is 2.57. The number of carboxylic acids is 1. The number of carboxylic acid groups (broad SMARTS) is 1. The van der Waals surface area contributed by atoms with Crippen LogP contribution in [-0.2, 0) is 16.8 Å². The van der Waals surface area contributed by atoms with Crippen molar-refractivity contribution in [1.29, 1.82) is 0 Å². The second-order valence-corrected chi connectivity index (χ2v) is 12.5. The zero-order valence-corrected chi connectivity index (χ0v) is 24.9. The quantitative estimate of drug-likeness (QED) is 0.161. The lowest BCUT2D eigenvalue weighted by atomic mass is 9.79. The molecule has 41 heavy (non-hydrogen) atoms. The van der Waals surface area contributed by atoms with Gasteiger partial charge in [0.2, 0.25) is 0 Å². The lowest BCUT2D eigenvalue weighted by molar-refractivity contribution is -0.138. The summed E-state index contributed by atoms with van der Waals surface area (Å²) in [6.45, 7) is 5.72.